The molecule has 26 heavy (non-hydrogen) atoms. The number of benzene rings is 2. The summed E-state index contributed by atoms with van der Waals surface area (Å²) in [5, 5.41) is 6.93. The number of anilines is 1. The van der Waals surface area contributed by atoms with E-state index in [4.69, 9.17) is 16.6 Å². The lowest BCUT2D eigenvalue weighted by molar-refractivity contribution is 0.364. The summed E-state index contributed by atoms with van der Waals surface area (Å²) in [6.07, 6.45) is 0. The molecule has 2 heterocycles. The normalized spacial score (nSPS) is 14.6. The van der Waals surface area contributed by atoms with Crippen LogP contribution in [0.15, 0.2) is 30.3 Å². The van der Waals surface area contributed by atoms with Crippen molar-refractivity contribution in [1.29, 1.82) is 0 Å². The van der Waals surface area contributed by atoms with Crippen LogP contribution in [0.2, 0.25) is 5.02 Å². The quantitative estimate of drug-likeness (QED) is 0.707. The van der Waals surface area contributed by atoms with E-state index in [2.05, 4.69) is 41.2 Å². The predicted octanol–water partition coefficient (Wildman–Crippen LogP) is 4.13. The predicted molar refractivity (Wildman–Crippen MR) is 105 cm³/mol. The molecule has 1 saturated heterocycles. The summed E-state index contributed by atoms with van der Waals surface area (Å²) in [6, 6.07) is 9.16. The second kappa shape index (κ2) is 6.89. The highest BCUT2D eigenvalue weighted by atomic mass is 35.5. The van der Waals surface area contributed by atoms with Crippen molar-refractivity contribution in [2.45, 2.75) is 20.4 Å². The maximum Gasteiger partial charge on any atom is 0.204 e. The number of hydrogen-bond donors (Lipinski definition) is 2. The van der Waals surface area contributed by atoms with E-state index in [1.165, 1.54) is 17.2 Å². The van der Waals surface area contributed by atoms with Crippen molar-refractivity contribution >= 4 is 28.6 Å². The molecule has 1 fully saturated rings. The van der Waals surface area contributed by atoms with Crippen LogP contribution in [0.4, 0.5) is 10.3 Å². The zero-order valence-corrected chi connectivity index (χ0v) is 15.7. The third kappa shape index (κ3) is 3.29. The van der Waals surface area contributed by atoms with Crippen LogP contribution in [0.3, 0.4) is 0 Å². The van der Waals surface area contributed by atoms with E-state index in [9.17, 15) is 4.39 Å². The summed E-state index contributed by atoms with van der Waals surface area (Å²) in [6.45, 7) is 7.76. The van der Waals surface area contributed by atoms with Gasteiger partial charge in [0.25, 0.3) is 0 Å². The minimum atomic E-state index is -0.395. The van der Waals surface area contributed by atoms with Gasteiger partial charge in [-0.1, -0.05) is 17.7 Å². The molecule has 0 aliphatic carbocycles. The maximum absolute atomic E-state index is 13.5. The van der Waals surface area contributed by atoms with Crippen LogP contribution in [0.1, 0.15) is 16.7 Å². The molecule has 1 aromatic heterocycles. The summed E-state index contributed by atoms with van der Waals surface area (Å²) in [5.74, 6) is 1.08. The monoisotopic (exact) mass is 372 g/mol. The molecule has 4 rings (SSSR count). The fourth-order valence-electron chi connectivity index (χ4n) is 3.22. The maximum atomic E-state index is 13.5. The van der Waals surface area contributed by atoms with E-state index in [-0.39, 0.29) is 5.02 Å². The fourth-order valence-corrected chi connectivity index (χ4v) is 3.43. The first kappa shape index (κ1) is 17.3. The van der Waals surface area contributed by atoms with Gasteiger partial charge < -0.3 is 15.2 Å². The van der Waals surface area contributed by atoms with Crippen molar-refractivity contribution < 1.29 is 4.39 Å². The van der Waals surface area contributed by atoms with Crippen molar-refractivity contribution in [3.63, 3.8) is 0 Å². The number of rotatable bonds is 5. The highest BCUT2D eigenvalue weighted by Crippen LogP contribution is 2.26. The van der Waals surface area contributed by atoms with Gasteiger partial charge in [-0.25, -0.2) is 9.37 Å². The van der Waals surface area contributed by atoms with E-state index in [1.807, 2.05) is 0 Å². The average molecular weight is 373 g/mol. The molecule has 4 nitrogen and oxygen atoms in total. The lowest BCUT2D eigenvalue weighted by Gasteiger charge is -2.27. The smallest absolute Gasteiger partial charge is 0.204 e. The Morgan fingerprint density at radius 1 is 1.23 bits per heavy atom. The second-order valence-corrected chi connectivity index (χ2v) is 7.51. The van der Waals surface area contributed by atoms with Gasteiger partial charge in [0.1, 0.15) is 5.82 Å². The van der Waals surface area contributed by atoms with E-state index in [0.29, 0.717) is 12.5 Å². The van der Waals surface area contributed by atoms with E-state index in [1.54, 1.807) is 12.1 Å². The number of aromatic nitrogens is 2. The molecular weight excluding hydrogens is 351 g/mol. The van der Waals surface area contributed by atoms with Crippen molar-refractivity contribution in [2.24, 2.45) is 5.92 Å². The van der Waals surface area contributed by atoms with E-state index in [0.717, 1.165) is 42.2 Å². The first-order valence-electron chi connectivity index (χ1n) is 8.87. The van der Waals surface area contributed by atoms with Crippen LogP contribution in [0.25, 0.3) is 11.0 Å². The molecule has 1 aliphatic rings. The summed E-state index contributed by atoms with van der Waals surface area (Å²) in [7, 11) is 0. The molecule has 0 spiro atoms. The molecule has 0 saturated carbocycles. The van der Waals surface area contributed by atoms with Crippen molar-refractivity contribution in [3.05, 3.63) is 57.9 Å². The zero-order valence-electron chi connectivity index (χ0n) is 14.9. The third-order valence-corrected chi connectivity index (χ3v) is 5.39. The highest BCUT2D eigenvalue weighted by molar-refractivity contribution is 6.30. The number of nitrogens with zero attached hydrogens (tertiary/aromatic N) is 2. The molecule has 6 heteroatoms. The minimum absolute atomic E-state index is 0.147. The Hall–Kier alpha value is -2.11. The number of hydrogen-bond acceptors (Lipinski definition) is 3. The fraction of sp³-hybridized carbons (Fsp3) is 0.350. The molecule has 2 N–H and O–H groups in total. The average Bonchev–Trinajstić information content (AvgIpc) is 2.87. The Labute approximate surface area is 157 Å². The van der Waals surface area contributed by atoms with E-state index < -0.39 is 5.82 Å². The molecule has 1 aliphatic heterocycles. The summed E-state index contributed by atoms with van der Waals surface area (Å²) in [4.78, 5) is 4.81. The highest BCUT2D eigenvalue weighted by Gasteiger charge is 2.18. The van der Waals surface area contributed by atoms with Crippen LogP contribution >= 0.6 is 11.6 Å². The molecule has 0 amide bonds. The molecule has 0 bridgehead atoms. The molecule has 2 aromatic carbocycles. The number of imidazole rings is 1. The van der Waals surface area contributed by atoms with Crippen LogP contribution < -0.4 is 10.6 Å². The Kier molecular flexibility index (Phi) is 4.59. The summed E-state index contributed by atoms with van der Waals surface area (Å²) in [5.41, 5.74) is 5.44. The number of aryl methyl sites for hydroxylation is 2. The van der Waals surface area contributed by atoms with Crippen molar-refractivity contribution in [1.82, 2.24) is 14.9 Å². The Morgan fingerprint density at radius 2 is 2.00 bits per heavy atom. The van der Waals surface area contributed by atoms with Crippen LogP contribution in [-0.4, -0.2) is 29.2 Å². The van der Waals surface area contributed by atoms with Gasteiger partial charge in [0.2, 0.25) is 5.95 Å². The first-order valence-corrected chi connectivity index (χ1v) is 9.25. The van der Waals surface area contributed by atoms with E-state index >= 15 is 0 Å². The number of nitrogens with one attached hydrogen (secondary N) is 2. The van der Waals surface area contributed by atoms with Crippen LogP contribution in [-0.2, 0) is 6.54 Å². The third-order valence-electron chi connectivity index (χ3n) is 5.10. The number of halogens is 2. The van der Waals surface area contributed by atoms with Crippen molar-refractivity contribution in [2.75, 3.05) is 25.0 Å². The molecule has 0 atom stereocenters. The molecule has 0 radical (unpaired) electrons. The van der Waals surface area contributed by atoms with Gasteiger partial charge >= 0.3 is 0 Å². The standard InChI is InChI=1S/C20H22ClFN4/c1-12-5-18-19(6-13(12)2)26(11-14-3-4-17(22)16(21)7-14)20(25-18)24-10-15-8-23-9-15/h3-7,15,23H,8-11H2,1-2H3,(H,24,25). The topological polar surface area (TPSA) is 41.9 Å². The molecular formula is C20H22ClFN4. The van der Waals surface area contributed by atoms with Gasteiger partial charge in [0, 0.05) is 25.6 Å². The SMILES string of the molecule is Cc1cc2nc(NCC3CNC3)n(Cc3ccc(F)c(Cl)c3)c2cc1C. The van der Waals surface area contributed by atoms with Gasteiger partial charge in [0.05, 0.1) is 22.6 Å². The van der Waals surface area contributed by atoms with Crippen LogP contribution in [0, 0.1) is 25.6 Å². The molecule has 0 unspecified atom stereocenters. The Bertz CT molecular complexity index is 962. The Balaban J connectivity index is 1.72. The van der Waals surface area contributed by atoms with Crippen molar-refractivity contribution in [3.8, 4) is 0 Å². The molecule has 136 valence electrons. The van der Waals surface area contributed by atoms with Gasteiger partial charge in [-0.2, -0.15) is 0 Å². The van der Waals surface area contributed by atoms with Gasteiger partial charge in [-0.15, -0.1) is 0 Å². The first-order chi connectivity index (χ1) is 12.5. The zero-order chi connectivity index (χ0) is 18.3. The van der Waals surface area contributed by atoms with Gasteiger partial charge in [-0.3, -0.25) is 0 Å². The number of fused-ring (bicyclic) bond motifs is 1. The second-order valence-electron chi connectivity index (χ2n) is 7.10. The van der Waals surface area contributed by atoms with Gasteiger partial charge in [0.15, 0.2) is 0 Å². The lowest BCUT2D eigenvalue weighted by Crippen LogP contribution is -2.45. The Morgan fingerprint density at radius 3 is 2.69 bits per heavy atom. The lowest BCUT2D eigenvalue weighted by atomic mass is 10.0. The van der Waals surface area contributed by atoms with Gasteiger partial charge in [-0.05, 0) is 54.8 Å². The molecule has 3 aromatic rings. The van der Waals surface area contributed by atoms with Crippen LogP contribution in [0.5, 0.6) is 0 Å². The summed E-state index contributed by atoms with van der Waals surface area (Å²) < 4.78 is 15.6. The summed E-state index contributed by atoms with van der Waals surface area (Å²) >= 11 is 5.96. The minimum Gasteiger partial charge on any atom is -0.355 e. The largest absolute Gasteiger partial charge is 0.355 e.